The summed E-state index contributed by atoms with van der Waals surface area (Å²) in [6, 6.07) is 4.12. The highest BCUT2D eigenvalue weighted by Crippen LogP contribution is 2.16. The number of hydrogen-bond acceptors (Lipinski definition) is 3. The second kappa shape index (κ2) is 3.84. The average Bonchev–Trinajstić information content (AvgIpc) is 2.72. The molecule has 74 valence electrons. The van der Waals surface area contributed by atoms with E-state index in [4.69, 9.17) is 0 Å². The third kappa shape index (κ3) is 1.96. The molecule has 0 amide bonds. The van der Waals surface area contributed by atoms with Gasteiger partial charge in [-0.15, -0.1) is 11.3 Å². The fourth-order valence-electron chi connectivity index (χ4n) is 1.29. The van der Waals surface area contributed by atoms with Crippen LogP contribution in [0.1, 0.15) is 10.4 Å². The number of aromatic nitrogens is 2. The Bertz CT molecular complexity index is 416. The topological polar surface area (TPSA) is 29.9 Å². The van der Waals surface area contributed by atoms with Gasteiger partial charge in [-0.3, -0.25) is 4.68 Å². The van der Waals surface area contributed by atoms with Crippen LogP contribution in [0.3, 0.4) is 0 Å². The highest BCUT2D eigenvalue weighted by Gasteiger charge is 2.00. The third-order valence-corrected chi connectivity index (χ3v) is 3.03. The zero-order valence-electron chi connectivity index (χ0n) is 8.32. The first-order valence-corrected chi connectivity index (χ1v) is 5.40. The molecule has 0 spiro atoms. The monoisotopic (exact) mass is 207 g/mol. The SMILES string of the molecule is Cc1sccc1CNc1ccn(C)n1. The molecule has 0 aromatic carbocycles. The van der Waals surface area contributed by atoms with E-state index < -0.39 is 0 Å². The lowest BCUT2D eigenvalue weighted by Crippen LogP contribution is -2.00. The predicted octanol–water partition coefficient (Wildman–Crippen LogP) is 2.40. The van der Waals surface area contributed by atoms with Gasteiger partial charge in [0, 0.05) is 30.7 Å². The van der Waals surface area contributed by atoms with Gasteiger partial charge in [-0.05, 0) is 23.9 Å². The fourth-order valence-corrected chi connectivity index (χ4v) is 2.02. The summed E-state index contributed by atoms with van der Waals surface area (Å²) < 4.78 is 1.79. The lowest BCUT2D eigenvalue weighted by molar-refractivity contribution is 0.768. The summed E-state index contributed by atoms with van der Waals surface area (Å²) >= 11 is 1.78. The van der Waals surface area contributed by atoms with Gasteiger partial charge in [0.25, 0.3) is 0 Å². The molecule has 1 N–H and O–H groups in total. The Morgan fingerprint density at radius 3 is 2.93 bits per heavy atom. The molecule has 3 nitrogen and oxygen atoms in total. The number of nitrogens with one attached hydrogen (secondary N) is 1. The normalized spacial score (nSPS) is 10.4. The smallest absolute Gasteiger partial charge is 0.148 e. The van der Waals surface area contributed by atoms with E-state index >= 15 is 0 Å². The largest absolute Gasteiger partial charge is 0.364 e. The van der Waals surface area contributed by atoms with Crippen molar-refractivity contribution in [2.24, 2.45) is 7.05 Å². The van der Waals surface area contributed by atoms with Crippen molar-refractivity contribution < 1.29 is 0 Å². The van der Waals surface area contributed by atoms with E-state index in [0.717, 1.165) is 12.4 Å². The summed E-state index contributed by atoms with van der Waals surface area (Å²) in [6.07, 6.45) is 1.93. The van der Waals surface area contributed by atoms with Crippen molar-refractivity contribution >= 4 is 17.2 Å². The Hall–Kier alpha value is -1.29. The van der Waals surface area contributed by atoms with Crippen molar-refractivity contribution in [1.82, 2.24) is 9.78 Å². The summed E-state index contributed by atoms with van der Waals surface area (Å²) in [7, 11) is 1.92. The quantitative estimate of drug-likeness (QED) is 0.837. The Kier molecular flexibility index (Phi) is 2.54. The lowest BCUT2D eigenvalue weighted by Gasteiger charge is -2.01. The van der Waals surface area contributed by atoms with E-state index in [-0.39, 0.29) is 0 Å². The first kappa shape index (κ1) is 9.27. The summed E-state index contributed by atoms with van der Waals surface area (Å²) in [5, 5.41) is 9.65. The van der Waals surface area contributed by atoms with Crippen LogP contribution in [0.15, 0.2) is 23.7 Å². The van der Waals surface area contributed by atoms with Crippen molar-refractivity contribution in [2.75, 3.05) is 5.32 Å². The van der Waals surface area contributed by atoms with Crippen molar-refractivity contribution in [2.45, 2.75) is 13.5 Å². The van der Waals surface area contributed by atoms with E-state index in [1.807, 2.05) is 19.3 Å². The Morgan fingerprint density at radius 1 is 1.50 bits per heavy atom. The van der Waals surface area contributed by atoms with Gasteiger partial charge in [-0.1, -0.05) is 0 Å². The molecule has 0 radical (unpaired) electrons. The van der Waals surface area contributed by atoms with Crippen LogP contribution in [0, 0.1) is 6.92 Å². The molecular weight excluding hydrogens is 194 g/mol. The van der Waals surface area contributed by atoms with Crippen LogP contribution >= 0.6 is 11.3 Å². The van der Waals surface area contributed by atoms with E-state index in [1.54, 1.807) is 16.0 Å². The van der Waals surface area contributed by atoms with Gasteiger partial charge in [0.15, 0.2) is 0 Å². The summed E-state index contributed by atoms with van der Waals surface area (Å²) in [5.74, 6) is 0.929. The Morgan fingerprint density at radius 2 is 2.36 bits per heavy atom. The Balaban J connectivity index is 1.98. The number of hydrogen-bond donors (Lipinski definition) is 1. The molecule has 14 heavy (non-hydrogen) atoms. The van der Waals surface area contributed by atoms with Crippen molar-refractivity contribution in [1.29, 1.82) is 0 Å². The molecule has 0 saturated carbocycles. The second-order valence-corrected chi connectivity index (χ2v) is 4.35. The molecule has 0 aliphatic heterocycles. The van der Waals surface area contributed by atoms with Gasteiger partial charge < -0.3 is 5.32 Å². The molecule has 0 fully saturated rings. The molecule has 0 bridgehead atoms. The minimum atomic E-state index is 0.854. The first-order chi connectivity index (χ1) is 6.75. The second-order valence-electron chi connectivity index (χ2n) is 3.23. The number of anilines is 1. The highest BCUT2D eigenvalue weighted by atomic mass is 32.1. The van der Waals surface area contributed by atoms with E-state index in [0.29, 0.717) is 0 Å². The van der Waals surface area contributed by atoms with E-state index in [1.165, 1.54) is 10.4 Å². The number of rotatable bonds is 3. The molecule has 0 atom stereocenters. The summed E-state index contributed by atoms with van der Waals surface area (Å²) in [5.41, 5.74) is 1.35. The number of aryl methyl sites for hydroxylation is 2. The zero-order valence-corrected chi connectivity index (χ0v) is 9.14. The molecule has 2 aromatic rings. The summed E-state index contributed by atoms with van der Waals surface area (Å²) in [6.45, 7) is 2.99. The molecule has 0 aliphatic rings. The van der Waals surface area contributed by atoms with Crippen LogP contribution in [-0.4, -0.2) is 9.78 Å². The maximum absolute atomic E-state index is 4.25. The van der Waals surface area contributed by atoms with E-state index in [9.17, 15) is 0 Å². The summed E-state index contributed by atoms with van der Waals surface area (Å²) in [4.78, 5) is 1.37. The van der Waals surface area contributed by atoms with Gasteiger partial charge >= 0.3 is 0 Å². The van der Waals surface area contributed by atoms with Crippen LogP contribution in [0.5, 0.6) is 0 Å². The van der Waals surface area contributed by atoms with E-state index in [2.05, 4.69) is 28.8 Å². The minimum absolute atomic E-state index is 0.854. The van der Waals surface area contributed by atoms with Crippen LogP contribution in [0.2, 0.25) is 0 Å². The maximum Gasteiger partial charge on any atom is 0.148 e. The van der Waals surface area contributed by atoms with Crippen LogP contribution in [0.4, 0.5) is 5.82 Å². The molecule has 2 heterocycles. The predicted molar refractivity (Wildman–Crippen MR) is 59.6 cm³/mol. The first-order valence-electron chi connectivity index (χ1n) is 4.52. The Labute approximate surface area is 87.4 Å². The molecule has 0 unspecified atom stereocenters. The lowest BCUT2D eigenvalue weighted by atomic mass is 10.3. The third-order valence-electron chi connectivity index (χ3n) is 2.14. The highest BCUT2D eigenvalue weighted by molar-refractivity contribution is 7.10. The molecule has 0 saturated heterocycles. The van der Waals surface area contributed by atoms with Gasteiger partial charge in [0.2, 0.25) is 0 Å². The maximum atomic E-state index is 4.25. The molecule has 0 aliphatic carbocycles. The fraction of sp³-hybridized carbons (Fsp3) is 0.300. The van der Waals surface area contributed by atoms with Gasteiger partial charge in [-0.25, -0.2) is 0 Å². The molecule has 2 rings (SSSR count). The minimum Gasteiger partial charge on any atom is -0.364 e. The van der Waals surface area contributed by atoms with Gasteiger partial charge in [0.1, 0.15) is 5.82 Å². The standard InChI is InChI=1S/C10H13N3S/c1-8-9(4-6-14-8)7-11-10-3-5-13(2)12-10/h3-6H,7H2,1-2H3,(H,11,12). The van der Waals surface area contributed by atoms with Crippen molar-refractivity contribution in [3.8, 4) is 0 Å². The number of nitrogens with zero attached hydrogens (tertiary/aromatic N) is 2. The zero-order chi connectivity index (χ0) is 9.97. The molecule has 4 heteroatoms. The molecule has 2 aromatic heterocycles. The molecular formula is C10H13N3S. The average molecular weight is 207 g/mol. The van der Waals surface area contributed by atoms with Gasteiger partial charge in [-0.2, -0.15) is 5.10 Å². The van der Waals surface area contributed by atoms with Crippen LogP contribution in [-0.2, 0) is 13.6 Å². The number of thiophene rings is 1. The van der Waals surface area contributed by atoms with Crippen LogP contribution in [0.25, 0.3) is 0 Å². The van der Waals surface area contributed by atoms with Crippen molar-refractivity contribution in [3.05, 3.63) is 34.2 Å². The van der Waals surface area contributed by atoms with Crippen molar-refractivity contribution in [3.63, 3.8) is 0 Å². The van der Waals surface area contributed by atoms with Gasteiger partial charge in [0.05, 0.1) is 0 Å². The van der Waals surface area contributed by atoms with Crippen LogP contribution < -0.4 is 5.32 Å².